The van der Waals surface area contributed by atoms with Gasteiger partial charge in [-0.05, 0) is 32.5 Å². The van der Waals surface area contributed by atoms with Crippen LogP contribution in [0.5, 0.6) is 0 Å². The maximum atomic E-state index is 10.8. The highest BCUT2D eigenvalue weighted by Crippen LogP contribution is 2.20. The Kier molecular flexibility index (Phi) is 5.35. The predicted octanol–water partition coefficient (Wildman–Crippen LogP) is 2.15. The second-order valence-electron chi connectivity index (χ2n) is 3.63. The molecule has 0 saturated carbocycles. The fourth-order valence-corrected chi connectivity index (χ4v) is 2.42. The Morgan fingerprint density at radius 2 is 2.31 bits per heavy atom. The van der Waals surface area contributed by atoms with E-state index in [1.807, 2.05) is 12.1 Å². The molecule has 0 amide bonds. The molecule has 3 nitrogen and oxygen atoms in total. The highest BCUT2D eigenvalue weighted by atomic mass is 32.2. The van der Waals surface area contributed by atoms with E-state index < -0.39 is 12.0 Å². The summed E-state index contributed by atoms with van der Waals surface area (Å²) in [5.74, 6) is 0.0219. The van der Waals surface area contributed by atoms with Crippen molar-refractivity contribution >= 4 is 17.7 Å². The summed E-state index contributed by atoms with van der Waals surface area (Å²) in [5, 5.41) is 11.6. The van der Waals surface area contributed by atoms with Crippen molar-refractivity contribution in [1.82, 2.24) is 5.32 Å². The standard InChI is InChI=1S/C12H17NO2S/c1-9-4-3-5-10(8-9)16-7-6-11(13-2)12(14)15/h3-5,8,11,13H,6-7H2,1-2H3,(H,14,15). The topological polar surface area (TPSA) is 49.3 Å². The van der Waals surface area contributed by atoms with E-state index in [1.165, 1.54) is 10.5 Å². The largest absolute Gasteiger partial charge is 0.480 e. The number of likely N-dealkylation sites (N-methyl/N-ethyl adjacent to an activating group) is 1. The molecule has 0 saturated heterocycles. The molecule has 0 heterocycles. The van der Waals surface area contributed by atoms with Gasteiger partial charge in [0.1, 0.15) is 6.04 Å². The number of benzene rings is 1. The van der Waals surface area contributed by atoms with E-state index in [9.17, 15) is 4.79 Å². The summed E-state index contributed by atoms with van der Waals surface area (Å²) < 4.78 is 0. The van der Waals surface area contributed by atoms with Crippen molar-refractivity contribution in [2.45, 2.75) is 24.3 Å². The third-order valence-corrected chi connectivity index (χ3v) is 3.34. The van der Waals surface area contributed by atoms with Crippen LogP contribution < -0.4 is 5.32 Å². The molecule has 1 atom stereocenters. The van der Waals surface area contributed by atoms with Crippen molar-refractivity contribution in [3.05, 3.63) is 29.8 Å². The molecular weight excluding hydrogens is 222 g/mol. The highest BCUT2D eigenvalue weighted by molar-refractivity contribution is 7.99. The average Bonchev–Trinajstić information content (AvgIpc) is 2.24. The van der Waals surface area contributed by atoms with Gasteiger partial charge in [0.25, 0.3) is 0 Å². The number of rotatable bonds is 6. The first-order valence-electron chi connectivity index (χ1n) is 5.23. The molecule has 0 radical (unpaired) electrons. The molecule has 0 aromatic heterocycles. The van der Waals surface area contributed by atoms with Crippen molar-refractivity contribution in [1.29, 1.82) is 0 Å². The second-order valence-corrected chi connectivity index (χ2v) is 4.80. The van der Waals surface area contributed by atoms with Crippen LogP contribution in [0.15, 0.2) is 29.2 Å². The number of hydrogen-bond acceptors (Lipinski definition) is 3. The predicted molar refractivity (Wildman–Crippen MR) is 67.0 cm³/mol. The van der Waals surface area contributed by atoms with Gasteiger partial charge >= 0.3 is 5.97 Å². The number of aliphatic carboxylic acids is 1. The van der Waals surface area contributed by atoms with Crippen LogP contribution in [0.4, 0.5) is 0 Å². The zero-order chi connectivity index (χ0) is 12.0. The fraction of sp³-hybridized carbons (Fsp3) is 0.417. The summed E-state index contributed by atoms with van der Waals surface area (Å²) >= 11 is 1.69. The number of thioether (sulfide) groups is 1. The Morgan fingerprint density at radius 3 is 2.88 bits per heavy atom. The molecule has 1 rings (SSSR count). The normalized spacial score (nSPS) is 12.4. The van der Waals surface area contributed by atoms with Crippen LogP contribution in [0.25, 0.3) is 0 Å². The summed E-state index contributed by atoms with van der Waals surface area (Å²) in [6.45, 7) is 2.05. The van der Waals surface area contributed by atoms with Crippen molar-refractivity contribution in [2.75, 3.05) is 12.8 Å². The van der Waals surface area contributed by atoms with Crippen molar-refractivity contribution in [2.24, 2.45) is 0 Å². The van der Waals surface area contributed by atoms with Gasteiger partial charge in [-0.1, -0.05) is 17.7 Å². The van der Waals surface area contributed by atoms with Crippen LogP contribution in [-0.4, -0.2) is 29.9 Å². The Bertz CT molecular complexity index is 355. The molecule has 1 aromatic carbocycles. The SMILES string of the molecule is CNC(CCSc1cccc(C)c1)C(=O)O. The number of hydrogen-bond donors (Lipinski definition) is 2. The van der Waals surface area contributed by atoms with Crippen LogP contribution in [-0.2, 0) is 4.79 Å². The van der Waals surface area contributed by atoms with E-state index in [1.54, 1.807) is 18.8 Å². The van der Waals surface area contributed by atoms with Crippen molar-refractivity contribution in [3.8, 4) is 0 Å². The lowest BCUT2D eigenvalue weighted by atomic mass is 10.2. The molecule has 0 aliphatic carbocycles. The minimum Gasteiger partial charge on any atom is -0.480 e. The fourth-order valence-electron chi connectivity index (χ4n) is 1.39. The van der Waals surface area contributed by atoms with Crippen LogP contribution in [0.2, 0.25) is 0 Å². The van der Waals surface area contributed by atoms with Gasteiger partial charge < -0.3 is 10.4 Å². The molecule has 4 heteroatoms. The zero-order valence-corrected chi connectivity index (χ0v) is 10.4. The minimum atomic E-state index is -0.785. The second kappa shape index (κ2) is 6.55. The van der Waals surface area contributed by atoms with E-state index in [4.69, 9.17) is 5.11 Å². The number of nitrogens with one attached hydrogen (secondary N) is 1. The van der Waals surface area contributed by atoms with E-state index in [2.05, 4.69) is 24.4 Å². The van der Waals surface area contributed by atoms with Crippen LogP contribution in [0, 0.1) is 6.92 Å². The molecule has 0 aliphatic rings. The number of carboxylic acids is 1. The minimum absolute atomic E-state index is 0.447. The van der Waals surface area contributed by atoms with Gasteiger partial charge in [-0.15, -0.1) is 11.8 Å². The maximum Gasteiger partial charge on any atom is 0.320 e. The summed E-state index contributed by atoms with van der Waals surface area (Å²) in [6, 6.07) is 7.78. The van der Waals surface area contributed by atoms with Gasteiger partial charge in [-0.2, -0.15) is 0 Å². The van der Waals surface area contributed by atoms with E-state index in [-0.39, 0.29) is 0 Å². The third-order valence-electron chi connectivity index (χ3n) is 2.31. The van der Waals surface area contributed by atoms with Gasteiger partial charge in [-0.25, -0.2) is 0 Å². The van der Waals surface area contributed by atoms with Crippen LogP contribution >= 0.6 is 11.8 Å². The first kappa shape index (κ1) is 13.1. The highest BCUT2D eigenvalue weighted by Gasteiger charge is 2.13. The molecular formula is C12H17NO2S. The van der Waals surface area contributed by atoms with E-state index in [0.29, 0.717) is 6.42 Å². The smallest absolute Gasteiger partial charge is 0.320 e. The molecule has 0 spiro atoms. The first-order chi connectivity index (χ1) is 7.63. The summed E-state index contributed by atoms with van der Waals surface area (Å²) in [4.78, 5) is 11.9. The van der Waals surface area contributed by atoms with Crippen molar-refractivity contribution < 1.29 is 9.90 Å². The van der Waals surface area contributed by atoms with Gasteiger partial charge in [0, 0.05) is 10.6 Å². The molecule has 16 heavy (non-hydrogen) atoms. The lowest BCUT2D eigenvalue weighted by molar-refractivity contribution is -0.139. The van der Waals surface area contributed by atoms with E-state index >= 15 is 0 Å². The van der Waals surface area contributed by atoms with Crippen molar-refractivity contribution in [3.63, 3.8) is 0 Å². The Hall–Kier alpha value is -1.00. The van der Waals surface area contributed by atoms with Gasteiger partial charge in [0.05, 0.1) is 0 Å². The van der Waals surface area contributed by atoms with Gasteiger partial charge in [0.15, 0.2) is 0 Å². The summed E-state index contributed by atoms with van der Waals surface area (Å²) in [5.41, 5.74) is 1.23. The van der Waals surface area contributed by atoms with Gasteiger partial charge in [-0.3, -0.25) is 4.79 Å². The Balaban J connectivity index is 2.38. The number of carbonyl (C=O) groups is 1. The zero-order valence-electron chi connectivity index (χ0n) is 9.56. The molecule has 0 aliphatic heterocycles. The molecule has 1 unspecified atom stereocenters. The van der Waals surface area contributed by atoms with Gasteiger partial charge in [0.2, 0.25) is 0 Å². The summed E-state index contributed by atoms with van der Waals surface area (Å²) in [6.07, 6.45) is 0.629. The monoisotopic (exact) mass is 239 g/mol. The number of carboxylic acid groups (broad SMARTS) is 1. The summed E-state index contributed by atoms with van der Waals surface area (Å²) in [7, 11) is 1.68. The lowest BCUT2D eigenvalue weighted by Crippen LogP contribution is -2.34. The first-order valence-corrected chi connectivity index (χ1v) is 6.21. The molecule has 88 valence electrons. The van der Waals surface area contributed by atoms with Crippen LogP contribution in [0.1, 0.15) is 12.0 Å². The Morgan fingerprint density at radius 1 is 1.56 bits per heavy atom. The Labute approximate surface area is 100 Å². The molecule has 2 N–H and O–H groups in total. The maximum absolute atomic E-state index is 10.8. The molecule has 1 aromatic rings. The van der Waals surface area contributed by atoms with Crippen LogP contribution in [0.3, 0.4) is 0 Å². The number of aryl methyl sites for hydroxylation is 1. The van der Waals surface area contributed by atoms with E-state index in [0.717, 1.165) is 5.75 Å². The quantitative estimate of drug-likeness (QED) is 0.747. The third kappa shape index (κ3) is 4.24. The average molecular weight is 239 g/mol. The lowest BCUT2D eigenvalue weighted by Gasteiger charge is -2.10. The molecule has 0 bridgehead atoms. The molecule has 0 fully saturated rings.